The average molecular weight is 378 g/mol. The summed E-state index contributed by atoms with van der Waals surface area (Å²) in [5, 5.41) is 2.16. The minimum absolute atomic E-state index is 0.484. The third-order valence-electron chi connectivity index (χ3n) is 4.30. The summed E-state index contributed by atoms with van der Waals surface area (Å²) in [6.45, 7) is -2.19. The number of carbonyl (C=O) groups is 2. The molecule has 8 heteroatoms. The van der Waals surface area contributed by atoms with Crippen molar-refractivity contribution in [3.63, 3.8) is 0 Å². The minimum Gasteiger partial charge on any atom is -0.455 e. The molecule has 138 valence electrons. The van der Waals surface area contributed by atoms with Gasteiger partial charge in [0.05, 0.1) is 5.41 Å². The number of hydrogen-bond donors (Lipinski definition) is 1. The maximum atomic E-state index is 12.7. The highest BCUT2D eigenvalue weighted by Gasteiger charge is 2.43. The van der Waals surface area contributed by atoms with E-state index in [9.17, 15) is 22.8 Å². The molecule has 1 N–H and O–H groups in total. The van der Waals surface area contributed by atoms with Crippen LogP contribution in [-0.2, 0) is 19.7 Å². The Morgan fingerprint density at radius 3 is 2.48 bits per heavy atom. The molecule has 0 radical (unpaired) electrons. The van der Waals surface area contributed by atoms with E-state index in [2.05, 4.69) is 0 Å². The number of esters is 1. The van der Waals surface area contributed by atoms with Crippen molar-refractivity contribution in [2.75, 3.05) is 13.2 Å². The maximum Gasteiger partial charge on any atom is 0.405 e. The average Bonchev–Trinajstić information content (AvgIpc) is 2.57. The lowest BCUT2D eigenvalue weighted by atomic mass is 9.69. The Hall–Kier alpha value is -1.76. The summed E-state index contributed by atoms with van der Waals surface area (Å²) in [5.41, 5.74) is -0.201. The molecule has 1 aliphatic carbocycles. The standard InChI is InChI=1S/C17H19ClF3NO3/c18-13-6-4-5-12(9-13)16(7-2-1-3-8-16)15(24)25-10-14(23)22-11-17(19,20)21/h4-6,9H,1-3,7-8,10-11H2,(H,22,23). The van der Waals surface area contributed by atoms with Crippen LogP contribution >= 0.6 is 11.6 Å². The summed E-state index contributed by atoms with van der Waals surface area (Å²) in [6, 6.07) is 6.90. The SMILES string of the molecule is O=C(COC(=O)C1(c2cccc(Cl)c2)CCCCC1)NCC(F)(F)F. The number of hydrogen-bond acceptors (Lipinski definition) is 3. The molecule has 0 heterocycles. The van der Waals surface area contributed by atoms with Crippen molar-refractivity contribution in [2.24, 2.45) is 0 Å². The van der Waals surface area contributed by atoms with E-state index in [0.717, 1.165) is 19.3 Å². The van der Waals surface area contributed by atoms with Gasteiger partial charge in [-0.3, -0.25) is 9.59 Å². The molecule has 0 unspecified atom stereocenters. The normalized spacial score (nSPS) is 17.0. The first kappa shape index (κ1) is 19.6. The highest BCUT2D eigenvalue weighted by molar-refractivity contribution is 6.30. The van der Waals surface area contributed by atoms with E-state index >= 15 is 0 Å². The lowest BCUT2D eigenvalue weighted by Gasteiger charge is -2.35. The fourth-order valence-electron chi connectivity index (χ4n) is 3.07. The van der Waals surface area contributed by atoms with Gasteiger partial charge in [-0.15, -0.1) is 0 Å². The number of alkyl halides is 3. The van der Waals surface area contributed by atoms with Crippen LogP contribution in [0.1, 0.15) is 37.7 Å². The number of halogens is 4. The van der Waals surface area contributed by atoms with Crippen molar-refractivity contribution in [3.8, 4) is 0 Å². The van der Waals surface area contributed by atoms with Crippen LogP contribution in [0.25, 0.3) is 0 Å². The Balaban J connectivity index is 2.06. The summed E-state index contributed by atoms with van der Waals surface area (Å²) in [5.74, 6) is -1.58. The quantitative estimate of drug-likeness (QED) is 0.795. The van der Waals surface area contributed by atoms with Crippen LogP contribution in [0.15, 0.2) is 24.3 Å². The summed E-state index contributed by atoms with van der Waals surface area (Å²) in [6.07, 6.45) is -0.775. The topological polar surface area (TPSA) is 55.4 Å². The van der Waals surface area contributed by atoms with Gasteiger partial charge in [-0.05, 0) is 30.5 Å². The predicted octanol–water partition coefficient (Wildman–Crippen LogP) is 3.76. The molecule has 0 saturated heterocycles. The van der Waals surface area contributed by atoms with Crippen molar-refractivity contribution in [2.45, 2.75) is 43.7 Å². The monoisotopic (exact) mass is 377 g/mol. The second kappa shape index (κ2) is 8.08. The van der Waals surface area contributed by atoms with Gasteiger partial charge in [0, 0.05) is 5.02 Å². The minimum atomic E-state index is -4.51. The first-order valence-corrected chi connectivity index (χ1v) is 8.37. The second-order valence-corrected chi connectivity index (χ2v) is 6.56. The summed E-state index contributed by atoms with van der Waals surface area (Å²) >= 11 is 6.02. The van der Waals surface area contributed by atoms with Crippen LogP contribution in [0.4, 0.5) is 13.2 Å². The van der Waals surface area contributed by atoms with E-state index in [0.29, 0.717) is 23.4 Å². The summed E-state index contributed by atoms with van der Waals surface area (Å²) in [4.78, 5) is 24.1. The lowest BCUT2D eigenvalue weighted by molar-refractivity contribution is -0.157. The Labute approximate surface area is 148 Å². The fraction of sp³-hybridized carbons (Fsp3) is 0.529. The third kappa shape index (κ3) is 5.36. The van der Waals surface area contributed by atoms with Gasteiger partial charge >= 0.3 is 12.1 Å². The Morgan fingerprint density at radius 2 is 1.88 bits per heavy atom. The summed E-state index contributed by atoms with van der Waals surface area (Å²) in [7, 11) is 0. The van der Waals surface area contributed by atoms with Crippen molar-refractivity contribution in [1.82, 2.24) is 5.32 Å². The third-order valence-corrected chi connectivity index (χ3v) is 4.53. The molecule has 4 nitrogen and oxygen atoms in total. The Morgan fingerprint density at radius 1 is 1.20 bits per heavy atom. The smallest absolute Gasteiger partial charge is 0.405 e. The molecule has 1 saturated carbocycles. The second-order valence-electron chi connectivity index (χ2n) is 6.12. The zero-order chi connectivity index (χ0) is 18.5. The maximum absolute atomic E-state index is 12.7. The van der Waals surface area contributed by atoms with Crippen molar-refractivity contribution in [1.29, 1.82) is 0 Å². The van der Waals surface area contributed by atoms with Crippen molar-refractivity contribution >= 4 is 23.5 Å². The van der Waals surface area contributed by atoms with Crippen LogP contribution in [0.5, 0.6) is 0 Å². The van der Waals surface area contributed by atoms with E-state index < -0.39 is 36.6 Å². The van der Waals surface area contributed by atoms with Crippen molar-refractivity contribution in [3.05, 3.63) is 34.9 Å². The van der Waals surface area contributed by atoms with Gasteiger partial charge in [0.1, 0.15) is 6.54 Å². The number of carbonyl (C=O) groups excluding carboxylic acids is 2. The van der Waals surface area contributed by atoms with Gasteiger partial charge in [0.2, 0.25) is 0 Å². The van der Waals surface area contributed by atoms with E-state index in [1.54, 1.807) is 29.6 Å². The highest BCUT2D eigenvalue weighted by atomic mass is 35.5. The van der Waals surface area contributed by atoms with Gasteiger partial charge in [0.25, 0.3) is 5.91 Å². The number of rotatable bonds is 5. The molecule has 1 aromatic rings. The number of nitrogens with one attached hydrogen (secondary N) is 1. The first-order valence-electron chi connectivity index (χ1n) is 8.00. The summed E-state index contributed by atoms with van der Waals surface area (Å²) < 4.78 is 41.3. The molecule has 1 fully saturated rings. The molecular formula is C17H19ClF3NO3. The van der Waals surface area contributed by atoms with Crippen molar-refractivity contribution < 1.29 is 27.5 Å². The first-order chi connectivity index (χ1) is 11.7. The fourth-order valence-corrected chi connectivity index (χ4v) is 3.26. The molecule has 0 aromatic heterocycles. The van der Waals surface area contributed by atoms with Gasteiger partial charge in [0.15, 0.2) is 6.61 Å². The molecule has 25 heavy (non-hydrogen) atoms. The molecule has 1 aromatic carbocycles. The highest BCUT2D eigenvalue weighted by Crippen LogP contribution is 2.41. The van der Waals surface area contributed by atoms with Gasteiger partial charge in [-0.2, -0.15) is 13.2 Å². The molecule has 0 atom stereocenters. The zero-order valence-electron chi connectivity index (χ0n) is 13.5. The largest absolute Gasteiger partial charge is 0.455 e. The molecule has 0 spiro atoms. The van der Waals surface area contributed by atoms with E-state index in [1.165, 1.54) is 0 Å². The number of ether oxygens (including phenoxy) is 1. The van der Waals surface area contributed by atoms with Crippen LogP contribution in [0.3, 0.4) is 0 Å². The van der Waals surface area contributed by atoms with Gasteiger partial charge in [-0.1, -0.05) is 43.0 Å². The Bertz CT molecular complexity index is 628. The van der Waals surface area contributed by atoms with E-state index in [-0.39, 0.29) is 0 Å². The molecule has 2 rings (SSSR count). The molecule has 0 bridgehead atoms. The van der Waals surface area contributed by atoms with Crippen LogP contribution < -0.4 is 5.32 Å². The zero-order valence-corrected chi connectivity index (χ0v) is 14.3. The van der Waals surface area contributed by atoms with Crippen LogP contribution in [0.2, 0.25) is 5.02 Å². The van der Waals surface area contributed by atoms with Crippen LogP contribution in [-0.4, -0.2) is 31.2 Å². The van der Waals surface area contributed by atoms with Crippen LogP contribution in [0, 0.1) is 0 Å². The Kier molecular flexibility index (Phi) is 6.32. The van der Waals surface area contributed by atoms with E-state index in [1.807, 2.05) is 0 Å². The molecule has 0 aliphatic heterocycles. The lowest BCUT2D eigenvalue weighted by Crippen LogP contribution is -2.42. The van der Waals surface area contributed by atoms with Gasteiger partial charge < -0.3 is 10.1 Å². The molecular weight excluding hydrogens is 359 g/mol. The molecule has 1 aliphatic rings. The predicted molar refractivity (Wildman–Crippen MR) is 86.2 cm³/mol. The number of benzene rings is 1. The molecule has 1 amide bonds. The number of amides is 1. The van der Waals surface area contributed by atoms with E-state index in [4.69, 9.17) is 16.3 Å². The van der Waals surface area contributed by atoms with Gasteiger partial charge in [-0.25, -0.2) is 0 Å².